The summed E-state index contributed by atoms with van der Waals surface area (Å²) >= 11 is 0. The predicted molar refractivity (Wildman–Crippen MR) is 80.1 cm³/mol. The molecule has 0 aromatic heterocycles. The quantitative estimate of drug-likeness (QED) is 0.619. The number of carbonyl (C=O) groups excluding carboxylic acids is 1. The van der Waals surface area contributed by atoms with Crippen LogP contribution in [0.5, 0.6) is 5.75 Å². The first-order valence-corrected chi connectivity index (χ1v) is 6.44. The fraction of sp³-hybridized carbons (Fsp3) is 0.0625. The van der Waals surface area contributed by atoms with E-state index in [4.69, 9.17) is 4.74 Å². The first-order chi connectivity index (χ1) is 10.3. The van der Waals surface area contributed by atoms with Gasteiger partial charge in [0.15, 0.2) is 5.78 Å². The summed E-state index contributed by atoms with van der Waals surface area (Å²) in [5.74, 6) is 0.690. The standard InChI is InChI=1S/C16H13N3O2/c1-21-15-9-5-13(6-10-15)16(20)11-4-12-2-7-14(8-3-12)19-17-18-19/h2-11H,1H3/b11-4+. The molecule has 0 radical (unpaired) electrons. The van der Waals surface area contributed by atoms with Crippen LogP contribution in [-0.4, -0.2) is 12.9 Å². The predicted octanol–water partition coefficient (Wildman–Crippen LogP) is 3.69. The zero-order valence-corrected chi connectivity index (χ0v) is 11.4. The molecule has 0 saturated heterocycles. The van der Waals surface area contributed by atoms with Crippen LogP contribution in [0.4, 0.5) is 5.69 Å². The summed E-state index contributed by atoms with van der Waals surface area (Å²) in [5, 5.41) is 8.95. The average Bonchev–Trinajstić information content (AvgIpc) is 3.38. The minimum Gasteiger partial charge on any atom is -0.497 e. The van der Waals surface area contributed by atoms with Crippen molar-refractivity contribution in [2.75, 3.05) is 12.2 Å². The van der Waals surface area contributed by atoms with Crippen LogP contribution in [-0.2, 0) is 0 Å². The Bertz CT molecular complexity index is 697. The minimum atomic E-state index is -0.0438. The third-order valence-corrected chi connectivity index (χ3v) is 3.10. The van der Waals surface area contributed by atoms with E-state index in [-0.39, 0.29) is 5.78 Å². The van der Waals surface area contributed by atoms with Gasteiger partial charge < -0.3 is 4.74 Å². The second-order valence-electron chi connectivity index (χ2n) is 4.49. The number of rotatable bonds is 5. The van der Waals surface area contributed by atoms with E-state index in [9.17, 15) is 4.79 Å². The zero-order valence-electron chi connectivity index (χ0n) is 11.4. The van der Waals surface area contributed by atoms with Gasteiger partial charge in [0, 0.05) is 5.56 Å². The van der Waals surface area contributed by atoms with E-state index in [1.807, 2.05) is 24.3 Å². The van der Waals surface area contributed by atoms with E-state index >= 15 is 0 Å². The second kappa shape index (κ2) is 5.58. The molecular weight excluding hydrogens is 266 g/mol. The molecule has 3 rings (SSSR count). The smallest absolute Gasteiger partial charge is 0.185 e. The van der Waals surface area contributed by atoms with Gasteiger partial charge in [-0.25, -0.2) is 0 Å². The van der Waals surface area contributed by atoms with Gasteiger partial charge in [0.25, 0.3) is 0 Å². The highest BCUT2D eigenvalue weighted by atomic mass is 16.5. The highest BCUT2D eigenvalue weighted by molar-refractivity contribution is 6.06. The summed E-state index contributed by atoms with van der Waals surface area (Å²) < 4.78 is 5.07. The van der Waals surface area contributed by atoms with Gasteiger partial charge in [-0.2, -0.15) is 0 Å². The van der Waals surface area contributed by atoms with Gasteiger partial charge in [-0.15, -0.1) is 5.12 Å². The Morgan fingerprint density at radius 1 is 1.05 bits per heavy atom. The molecule has 0 aliphatic carbocycles. The van der Waals surface area contributed by atoms with Crippen LogP contribution in [0.25, 0.3) is 6.08 Å². The molecule has 2 aromatic carbocycles. The molecule has 1 aliphatic rings. The van der Waals surface area contributed by atoms with Crippen molar-refractivity contribution in [1.82, 2.24) is 0 Å². The number of carbonyl (C=O) groups is 1. The molecule has 0 unspecified atom stereocenters. The van der Waals surface area contributed by atoms with Gasteiger partial charge >= 0.3 is 0 Å². The van der Waals surface area contributed by atoms with Gasteiger partial charge in [0.1, 0.15) is 5.75 Å². The number of methoxy groups -OCH3 is 1. The third-order valence-electron chi connectivity index (χ3n) is 3.10. The summed E-state index contributed by atoms with van der Waals surface area (Å²) in [6.45, 7) is 0. The van der Waals surface area contributed by atoms with Gasteiger partial charge in [0.2, 0.25) is 0 Å². The van der Waals surface area contributed by atoms with Crippen LogP contribution < -0.4 is 9.85 Å². The number of nitrogens with zero attached hydrogens (tertiary/aromatic N) is 3. The maximum absolute atomic E-state index is 12.0. The number of allylic oxidation sites excluding steroid dienone is 1. The fourth-order valence-electron chi connectivity index (χ4n) is 1.87. The molecular formula is C16H13N3O2. The van der Waals surface area contributed by atoms with Crippen LogP contribution in [0.15, 0.2) is 65.1 Å². The Kier molecular flexibility index (Phi) is 3.47. The number of ether oxygens (including phenoxy) is 1. The van der Waals surface area contributed by atoms with E-state index in [2.05, 4.69) is 10.4 Å². The summed E-state index contributed by atoms with van der Waals surface area (Å²) in [7, 11) is 1.60. The van der Waals surface area contributed by atoms with E-state index in [1.54, 1.807) is 43.5 Å². The summed E-state index contributed by atoms with van der Waals surface area (Å²) in [4.78, 5) is 12.0. The molecule has 0 saturated carbocycles. The van der Waals surface area contributed by atoms with Crippen LogP contribution in [0.1, 0.15) is 15.9 Å². The van der Waals surface area contributed by atoms with Crippen molar-refractivity contribution < 1.29 is 9.53 Å². The van der Waals surface area contributed by atoms with Crippen molar-refractivity contribution in [1.29, 1.82) is 0 Å². The number of hydrogen-bond acceptors (Lipinski definition) is 5. The Balaban J connectivity index is 1.67. The molecule has 5 heteroatoms. The zero-order chi connectivity index (χ0) is 14.7. The highest BCUT2D eigenvalue weighted by Gasteiger charge is 2.12. The third kappa shape index (κ3) is 3.14. The number of anilines is 1. The first kappa shape index (κ1) is 13.1. The molecule has 1 heterocycles. The summed E-state index contributed by atoms with van der Waals surface area (Å²) in [6.07, 6.45) is 3.34. The normalized spacial score (nSPS) is 12.7. The topological polar surface area (TPSA) is 54.0 Å². The van der Waals surface area contributed by atoms with E-state index in [0.29, 0.717) is 5.56 Å². The van der Waals surface area contributed by atoms with Crippen LogP contribution in [0.3, 0.4) is 0 Å². The molecule has 0 amide bonds. The van der Waals surface area contributed by atoms with Crippen molar-refractivity contribution in [3.05, 3.63) is 65.7 Å². The van der Waals surface area contributed by atoms with Crippen molar-refractivity contribution in [3.8, 4) is 5.75 Å². The van der Waals surface area contributed by atoms with Crippen LogP contribution >= 0.6 is 0 Å². The van der Waals surface area contributed by atoms with Gasteiger partial charge in [-0.1, -0.05) is 18.2 Å². The van der Waals surface area contributed by atoms with E-state index in [0.717, 1.165) is 17.0 Å². The minimum absolute atomic E-state index is 0.0438. The van der Waals surface area contributed by atoms with E-state index < -0.39 is 0 Å². The maximum atomic E-state index is 12.0. The fourth-order valence-corrected chi connectivity index (χ4v) is 1.87. The molecule has 0 atom stereocenters. The lowest BCUT2D eigenvalue weighted by Gasteiger charge is -2.00. The lowest BCUT2D eigenvalue weighted by Crippen LogP contribution is -1.94. The SMILES string of the molecule is COc1ccc(C(=O)/C=C/c2ccc(N3N=N3)cc2)cc1. The molecule has 1 aliphatic heterocycles. The molecule has 21 heavy (non-hydrogen) atoms. The molecule has 0 bridgehead atoms. The molecule has 0 fully saturated rings. The van der Waals surface area contributed by atoms with Gasteiger partial charge in [-0.3, -0.25) is 4.79 Å². The number of benzene rings is 2. The largest absolute Gasteiger partial charge is 0.497 e. The molecule has 2 aromatic rings. The Morgan fingerprint density at radius 2 is 1.71 bits per heavy atom. The van der Waals surface area contributed by atoms with Crippen molar-refractivity contribution in [3.63, 3.8) is 0 Å². The average molecular weight is 279 g/mol. The maximum Gasteiger partial charge on any atom is 0.185 e. The monoisotopic (exact) mass is 279 g/mol. The van der Waals surface area contributed by atoms with Gasteiger partial charge in [-0.05, 0) is 58.5 Å². The lowest BCUT2D eigenvalue weighted by molar-refractivity contribution is 0.104. The Morgan fingerprint density at radius 3 is 2.29 bits per heavy atom. The first-order valence-electron chi connectivity index (χ1n) is 6.44. The lowest BCUT2D eigenvalue weighted by atomic mass is 10.1. The number of ketones is 1. The second-order valence-corrected chi connectivity index (χ2v) is 4.49. The molecule has 104 valence electrons. The van der Waals surface area contributed by atoms with E-state index in [1.165, 1.54) is 5.12 Å². The molecule has 0 N–H and O–H groups in total. The summed E-state index contributed by atoms with van der Waals surface area (Å²) in [5.41, 5.74) is 2.49. The Labute approximate surface area is 122 Å². The van der Waals surface area contributed by atoms with Crippen molar-refractivity contribution in [2.24, 2.45) is 10.4 Å². The van der Waals surface area contributed by atoms with Crippen molar-refractivity contribution in [2.45, 2.75) is 0 Å². The Hall–Kier alpha value is -2.95. The number of hydrogen-bond donors (Lipinski definition) is 0. The highest BCUT2D eigenvalue weighted by Crippen LogP contribution is 2.23. The molecule has 0 spiro atoms. The van der Waals surface area contributed by atoms with Crippen LogP contribution in [0.2, 0.25) is 0 Å². The van der Waals surface area contributed by atoms with Crippen molar-refractivity contribution >= 4 is 17.5 Å². The van der Waals surface area contributed by atoms with Crippen LogP contribution in [0, 0.1) is 0 Å². The van der Waals surface area contributed by atoms with Gasteiger partial charge in [0.05, 0.1) is 12.8 Å². The molecule has 5 nitrogen and oxygen atoms in total. The summed E-state index contributed by atoms with van der Waals surface area (Å²) in [6, 6.07) is 14.7.